The van der Waals surface area contributed by atoms with Crippen LogP contribution in [0.25, 0.3) is 0 Å². The van der Waals surface area contributed by atoms with Crippen molar-refractivity contribution in [2.75, 3.05) is 19.0 Å². The van der Waals surface area contributed by atoms with Crippen molar-refractivity contribution in [3.63, 3.8) is 0 Å². The fourth-order valence-electron chi connectivity index (χ4n) is 1.64. The summed E-state index contributed by atoms with van der Waals surface area (Å²) in [5.41, 5.74) is 0.753. The Labute approximate surface area is 102 Å². The molecule has 0 heterocycles. The number of hydrogen-bond acceptors (Lipinski definition) is 1. The van der Waals surface area contributed by atoms with Gasteiger partial charge in [0, 0.05) is 24.5 Å². The second-order valence-corrected chi connectivity index (χ2v) is 4.29. The van der Waals surface area contributed by atoms with Crippen LogP contribution in [0.1, 0.15) is 25.3 Å². The SMILES string of the molecule is CCCCN(CCCl)Cc1ccccc1F. The molecule has 0 unspecified atom stereocenters. The van der Waals surface area contributed by atoms with E-state index in [2.05, 4.69) is 11.8 Å². The fourth-order valence-corrected chi connectivity index (χ4v) is 1.88. The van der Waals surface area contributed by atoms with Crippen LogP contribution in [-0.2, 0) is 6.54 Å². The van der Waals surface area contributed by atoms with E-state index in [0.717, 1.165) is 31.5 Å². The van der Waals surface area contributed by atoms with Gasteiger partial charge in [-0.1, -0.05) is 31.5 Å². The van der Waals surface area contributed by atoms with Crippen molar-refractivity contribution in [1.82, 2.24) is 4.90 Å². The van der Waals surface area contributed by atoms with E-state index in [1.54, 1.807) is 6.07 Å². The molecule has 0 fully saturated rings. The van der Waals surface area contributed by atoms with Gasteiger partial charge in [0.1, 0.15) is 5.82 Å². The predicted molar refractivity (Wildman–Crippen MR) is 67.3 cm³/mol. The molecule has 0 aliphatic rings. The third kappa shape index (κ3) is 4.50. The van der Waals surface area contributed by atoms with Crippen LogP contribution in [0.5, 0.6) is 0 Å². The molecule has 16 heavy (non-hydrogen) atoms. The molecule has 0 radical (unpaired) electrons. The van der Waals surface area contributed by atoms with E-state index in [4.69, 9.17) is 11.6 Å². The molecule has 1 aromatic carbocycles. The lowest BCUT2D eigenvalue weighted by atomic mass is 10.2. The standard InChI is InChI=1S/C13H19ClFN/c1-2-3-9-16(10-8-14)11-12-6-4-5-7-13(12)15/h4-7H,2-3,8-11H2,1H3. The molecule has 0 atom stereocenters. The number of rotatable bonds is 7. The molecule has 0 spiro atoms. The summed E-state index contributed by atoms with van der Waals surface area (Å²) in [7, 11) is 0. The minimum Gasteiger partial charge on any atom is -0.298 e. The summed E-state index contributed by atoms with van der Waals surface area (Å²) in [4.78, 5) is 2.20. The number of benzene rings is 1. The maximum atomic E-state index is 13.5. The summed E-state index contributed by atoms with van der Waals surface area (Å²) in [5, 5.41) is 0. The van der Waals surface area contributed by atoms with E-state index in [9.17, 15) is 4.39 Å². The average Bonchev–Trinajstić information content (AvgIpc) is 2.29. The van der Waals surface area contributed by atoms with Crippen molar-refractivity contribution in [2.45, 2.75) is 26.3 Å². The van der Waals surface area contributed by atoms with Crippen molar-refractivity contribution in [3.8, 4) is 0 Å². The first-order valence-electron chi connectivity index (χ1n) is 5.79. The molecule has 3 heteroatoms. The summed E-state index contributed by atoms with van der Waals surface area (Å²) in [5.74, 6) is 0.469. The van der Waals surface area contributed by atoms with Crippen LogP contribution >= 0.6 is 11.6 Å². The van der Waals surface area contributed by atoms with E-state index in [-0.39, 0.29) is 5.82 Å². The van der Waals surface area contributed by atoms with E-state index < -0.39 is 0 Å². The molecule has 0 amide bonds. The molecule has 0 saturated heterocycles. The molecular formula is C13H19ClFN. The summed E-state index contributed by atoms with van der Waals surface area (Å²) < 4.78 is 13.5. The van der Waals surface area contributed by atoms with Crippen molar-refractivity contribution in [2.24, 2.45) is 0 Å². The Morgan fingerprint density at radius 3 is 2.62 bits per heavy atom. The zero-order valence-electron chi connectivity index (χ0n) is 9.76. The Bertz CT molecular complexity index is 304. The van der Waals surface area contributed by atoms with Gasteiger partial charge in [-0.25, -0.2) is 4.39 Å². The van der Waals surface area contributed by atoms with Crippen LogP contribution in [0.4, 0.5) is 4.39 Å². The maximum Gasteiger partial charge on any atom is 0.127 e. The Balaban J connectivity index is 2.56. The number of nitrogens with zero attached hydrogens (tertiary/aromatic N) is 1. The van der Waals surface area contributed by atoms with E-state index in [1.165, 1.54) is 6.07 Å². The number of unbranched alkanes of at least 4 members (excludes halogenated alkanes) is 1. The van der Waals surface area contributed by atoms with E-state index in [0.29, 0.717) is 12.4 Å². The van der Waals surface area contributed by atoms with E-state index in [1.807, 2.05) is 12.1 Å². The van der Waals surface area contributed by atoms with Crippen molar-refractivity contribution < 1.29 is 4.39 Å². The van der Waals surface area contributed by atoms with Crippen molar-refractivity contribution >= 4 is 11.6 Å². The van der Waals surface area contributed by atoms with Gasteiger partial charge in [0.25, 0.3) is 0 Å². The first kappa shape index (κ1) is 13.5. The molecule has 1 nitrogen and oxygen atoms in total. The molecular weight excluding hydrogens is 225 g/mol. The Hall–Kier alpha value is -0.600. The lowest BCUT2D eigenvalue weighted by Crippen LogP contribution is -2.26. The first-order chi connectivity index (χ1) is 7.77. The fraction of sp³-hybridized carbons (Fsp3) is 0.538. The highest BCUT2D eigenvalue weighted by Gasteiger charge is 2.07. The Kier molecular flexibility index (Phi) is 6.43. The Morgan fingerprint density at radius 2 is 2.00 bits per heavy atom. The Morgan fingerprint density at radius 1 is 1.25 bits per heavy atom. The van der Waals surface area contributed by atoms with Crippen LogP contribution in [0.3, 0.4) is 0 Å². The third-order valence-corrected chi connectivity index (χ3v) is 2.75. The smallest absolute Gasteiger partial charge is 0.127 e. The highest BCUT2D eigenvalue weighted by Crippen LogP contribution is 2.10. The summed E-state index contributed by atoms with van der Waals surface area (Å²) in [6.45, 7) is 4.61. The highest BCUT2D eigenvalue weighted by molar-refractivity contribution is 6.18. The molecule has 0 aromatic heterocycles. The van der Waals surface area contributed by atoms with Gasteiger partial charge < -0.3 is 0 Å². The predicted octanol–water partition coefficient (Wildman–Crippen LogP) is 3.67. The molecule has 90 valence electrons. The zero-order valence-corrected chi connectivity index (χ0v) is 10.5. The van der Waals surface area contributed by atoms with E-state index >= 15 is 0 Å². The molecule has 1 aromatic rings. The monoisotopic (exact) mass is 243 g/mol. The zero-order chi connectivity index (χ0) is 11.8. The minimum atomic E-state index is -0.126. The lowest BCUT2D eigenvalue weighted by Gasteiger charge is -2.21. The molecule has 0 N–H and O–H groups in total. The molecule has 0 aliphatic carbocycles. The van der Waals surface area contributed by atoms with Crippen molar-refractivity contribution in [3.05, 3.63) is 35.6 Å². The molecule has 0 aliphatic heterocycles. The molecule has 0 saturated carbocycles. The first-order valence-corrected chi connectivity index (χ1v) is 6.33. The normalized spacial score (nSPS) is 11.0. The average molecular weight is 244 g/mol. The lowest BCUT2D eigenvalue weighted by molar-refractivity contribution is 0.273. The van der Waals surface area contributed by atoms with Crippen LogP contribution in [-0.4, -0.2) is 23.9 Å². The summed E-state index contributed by atoms with van der Waals surface area (Å²) in [6, 6.07) is 6.93. The summed E-state index contributed by atoms with van der Waals surface area (Å²) in [6.07, 6.45) is 2.28. The number of halogens is 2. The van der Waals surface area contributed by atoms with Gasteiger partial charge in [-0.2, -0.15) is 0 Å². The van der Waals surface area contributed by atoms with Crippen LogP contribution in [0.15, 0.2) is 24.3 Å². The van der Waals surface area contributed by atoms with Gasteiger partial charge >= 0.3 is 0 Å². The van der Waals surface area contributed by atoms with Gasteiger partial charge in [0.05, 0.1) is 0 Å². The minimum absolute atomic E-state index is 0.126. The largest absolute Gasteiger partial charge is 0.298 e. The quantitative estimate of drug-likeness (QED) is 0.661. The topological polar surface area (TPSA) is 3.24 Å². The second kappa shape index (κ2) is 7.64. The van der Waals surface area contributed by atoms with Crippen LogP contribution < -0.4 is 0 Å². The van der Waals surface area contributed by atoms with Crippen molar-refractivity contribution in [1.29, 1.82) is 0 Å². The molecule has 1 rings (SSSR count). The highest BCUT2D eigenvalue weighted by atomic mass is 35.5. The third-order valence-electron chi connectivity index (χ3n) is 2.58. The number of alkyl halides is 1. The van der Waals surface area contributed by atoms with Gasteiger partial charge in [0.15, 0.2) is 0 Å². The number of hydrogen-bond donors (Lipinski definition) is 0. The maximum absolute atomic E-state index is 13.5. The molecule has 0 bridgehead atoms. The van der Waals surface area contributed by atoms with Crippen LogP contribution in [0, 0.1) is 5.82 Å². The van der Waals surface area contributed by atoms with Gasteiger partial charge in [-0.3, -0.25) is 4.90 Å². The van der Waals surface area contributed by atoms with Gasteiger partial charge in [0.2, 0.25) is 0 Å². The summed E-state index contributed by atoms with van der Waals surface area (Å²) >= 11 is 5.75. The second-order valence-electron chi connectivity index (χ2n) is 3.91. The van der Waals surface area contributed by atoms with Crippen LogP contribution in [0.2, 0.25) is 0 Å². The van der Waals surface area contributed by atoms with Gasteiger partial charge in [-0.05, 0) is 19.0 Å². The van der Waals surface area contributed by atoms with Gasteiger partial charge in [-0.15, -0.1) is 11.6 Å².